The van der Waals surface area contributed by atoms with Crippen molar-refractivity contribution in [3.05, 3.63) is 60.0 Å². The maximum absolute atomic E-state index is 13.4. The van der Waals surface area contributed by atoms with E-state index in [4.69, 9.17) is 10.7 Å². The van der Waals surface area contributed by atoms with E-state index in [2.05, 4.69) is 35.1 Å². The Bertz CT molecular complexity index is 1150. The molecule has 1 aliphatic heterocycles. The van der Waals surface area contributed by atoms with Crippen LogP contribution in [0.2, 0.25) is 0 Å². The average molecular weight is 444 g/mol. The van der Waals surface area contributed by atoms with Crippen LogP contribution in [0.15, 0.2) is 48.9 Å². The van der Waals surface area contributed by atoms with Gasteiger partial charge < -0.3 is 16.0 Å². The summed E-state index contributed by atoms with van der Waals surface area (Å²) in [5.41, 5.74) is 10.6. The molecule has 1 saturated carbocycles. The van der Waals surface area contributed by atoms with Crippen molar-refractivity contribution in [1.82, 2.24) is 9.97 Å². The van der Waals surface area contributed by atoms with Crippen LogP contribution in [0, 0.1) is 5.92 Å². The van der Waals surface area contributed by atoms with Crippen LogP contribution in [0.1, 0.15) is 67.8 Å². The molecule has 0 radical (unpaired) electrons. The fourth-order valence-corrected chi connectivity index (χ4v) is 5.77. The maximum Gasteiger partial charge on any atom is 0.257 e. The lowest BCUT2D eigenvalue weighted by molar-refractivity contribution is 0.102. The molecule has 0 spiro atoms. The first kappa shape index (κ1) is 21.8. The van der Waals surface area contributed by atoms with Gasteiger partial charge in [-0.1, -0.05) is 19.1 Å². The normalized spacial score (nSPS) is 25.4. The molecule has 6 heteroatoms. The summed E-state index contributed by atoms with van der Waals surface area (Å²) in [6.45, 7) is 5.57. The zero-order valence-corrected chi connectivity index (χ0v) is 19.5. The summed E-state index contributed by atoms with van der Waals surface area (Å²) in [7, 11) is 0. The molecule has 0 bridgehead atoms. The highest BCUT2D eigenvalue weighted by molar-refractivity contribution is 6.12. The first-order valence-corrected chi connectivity index (χ1v) is 12.2. The van der Waals surface area contributed by atoms with E-state index in [9.17, 15) is 4.79 Å². The number of carbonyl (C=O) groups is 1. The second-order valence-corrected chi connectivity index (χ2v) is 9.94. The smallest absolute Gasteiger partial charge is 0.257 e. The van der Waals surface area contributed by atoms with Gasteiger partial charge in [0.25, 0.3) is 5.91 Å². The number of amides is 1. The number of aromatic nitrogens is 2. The third kappa shape index (κ3) is 4.44. The molecule has 5 rings (SSSR count). The van der Waals surface area contributed by atoms with E-state index in [1.807, 2.05) is 30.5 Å². The molecule has 3 aromatic rings. The first-order valence-electron chi connectivity index (χ1n) is 12.2. The van der Waals surface area contributed by atoms with E-state index in [0.717, 1.165) is 53.6 Å². The monoisotopic (exact) mass is 443 g/mol. The molecule has 172 valence electrons. The highest BCUT2D eigenvalue weighted by atomic mass is 16.1. The number of nitrogens with two attached hydrogens (primary N) is 1. The van der Waals surface area contributed by atoms with Crippen molar-refractivity contribution in [3.63, 3.8) is 0 Å². The SMILES string of the molecule is CC1CCCN1c1cnc2c(C(=O)Nc3cnccc3[C@@H]3C[C@H](C)C[C@H](N)C3)cccc2c1. The molecular formula is C27H33N5O. The Balaban J connectivity index is 1.42. The fourth-order valence-electron chi connectivity index (χ4n) is 5.77. The van der Waals surface area contributed by atoms with Crippen molar-refractivity contribution >= 4 is 28.2 Å². The minimum Gasteiger partial charge on any atom is -0.368 e. The molecule has 6 nitrogen and oxygen atoms in total. The summed E-state index contributed by atoms with van der Waals surface area (Å²) in [6, 6.07) is 10.7. The van der Waals surface area contributed by atoms with Crippen molar-refractivity contribution < 1.29 is 4.79 Å². The predicted octanol–water partition coefficient (Wildman–Crippen LogP) is 5.10. The molecule has 33 heavy (non-hydrogen) atoms. The lowest BCUT2D eigenvalue weighted by Gasteiger charge is -2.32. The lowest BCUT2D eigenvalue weighted by Crippen LogP contribution is -2.31. The Morgan fingerprint density at radius 1 is 1.15 bits per heavy atom. The standard InChI is InChI=1S/C27H33N5O/c1-17-11-20(13-21(28)12-17)23-8-9-29-16-25(23)31-27(33)24-7-3-6-19-14-22(15-30-26(19)24)32-10-4-5-18(32)2/h3,6-9,14-18,20-21H,4-5,10-13,28H2,1-2H3,(H,31,33)/t17-,18?,20+,21-/m0/s1. The third-order valence-electron chi connectivity index (χ3n) is 7.35. The van der Waals surface area contributed by atoms with Crippen LogP contribution in [-0.4, -0.2) is 34.5 Å². The summed E-state index contributed by atoms with van der Waals surface area (Å²) < 4.78 is 0. The van der Waals surface area contributed by atoms with Crippen LogP contribution in [0.4, 0.5) is 11.4 Å². The molecule has 2 aliphatic rings. The van der Waals surface area contributed by atoms with Gasteiger partial charge >= 0.3 is 0 Å². The van der Waals surface area contributed by atoms with Crippen LogP contribution >= 0.6 is 0 Å². The van der Waals surface area contributed by atoms with Gasteiger partial charge in [-0.25, -0.2) is 0 Å². The summed E-state index contributed by atoms with van der Waals surface area (Å²) in [6.07, 6.45) is 10.9. The Labute approximate surface area is 195 Å². The van der Waals surface area contributed by atoms with E-state index in [1.165, 1.54) is 12.8 Å². The highest BCUT2D eigenvalue weighted by Gasteiger charge is 2.28. The number of anilines is 2. The van der Waals surface area contributed by atoms with Crippen LogP contribution in [0.3, 0.4) is 0 Å². The molecule has 1 unspecified atom stereocenters. The molecule has 1 aliphatic carbocycles. The van der Waals surface area contributed by atoms with Gasteiger partial charge in [-0.05, 0) is 74.6 Å². The number of rotatable bonds is 4. The van der Waals surface area contributed by atoms with Crippen molar-refractivity contribution in [3.8, 4) is 0 Å². The second-order valence-electron chi connectivity index (χ2n) is 9.94. The Hall–Kier alpha value is -2.99. The predicted molar refractivity (Wildman–Crippen MR) is 134 cm³/mol. The molecule has 2 aromatic heterocycles. The summed E-state index contributed by atoms with van der Waals surface area (Å²) in [5, 5.41) is 4.11. The van der Waals surface area contributed by atoms with Gasteiger partial charge in [-0.15, -0.1) is 0 Å². The van der Waals surface area contributed by atoms with Gasteiger partial charge in [0, 0.05) is 30.2 Å². The van der Waals surface area contributed by atoms with Crippen LogP contribution in [0.5, 0.6) is 0 Å². The fraction of sp³-hybridized carbons (Fsp3) is 0.444. The first-order chi connectivity index (χ1) is 16.0. The van der Waals surface area contributed by atoms with Gasteiger partial charge in [0.1, 0.15) is 0 Å². The number of carbonyl (C=O) groups excluding carboxylic acids is 1. The highest BCUT2D eigenvalue weighted by Crippen LogP contribution is 2.38. The van der Waals surface area contributed by atoms with Crippen LogP contribution in [0.25, 0.3) is 10.9 Å². The summed E-state index contributed by atoms with van der Waals surface area (Å²) >= 11 is 0. The topological polar surface area (TPSA) is 84.1 Å². The second kappa shape index (κ2) is 9.10. The molecule has 1 saturated heterocycles. The molecule has 1 amide bonds. The number of benzene rings is 1. The number of hydrogen-bond donors (Lipinski definition) is 2. The zero-order chi connectivity index (χ0) is 22.9. The lowest BCUT2D eigenvalue weighted by atomic mass is 9.76. The van der Waals surface area contributed by atoms with Gasteiger partial charge in [-0.3, -0.25) is 14.8 Å². The molecule has 3 heterocycles. The number of fused-ring (bicyclic) bond motifs is 1. The van der Waals surface area contributed by atoms with Crippen molar-refractivity contribution in [1.29, 1.82) is 0 Å². The summed E-state index contributed by atoms with van der Waals surface area (Å²) in [5.74, 6) is 0.751. The number of nitrogens with one attached hydrogen (secondary N) is 1. The van der Waals surface area contributed by atoms with Crippen molar-refractivity contribution in [2.75, 3.05) is 16.8 Å². The van der Waals surface area contributed by atoms with E-state index in [1.54, 1.807) is 12.4 Å². The average Bonchev–Trinajstić information content (AvgIpc) is 3.23. The minimum atomic E-state index is -0.155. The number of hydrogen-bond acceptors (Lipinski definition) is 5. The number of nitrogens with zero attached hydrogens (tertiary/aromatic N) is 3. The van der Waals surface area contributed by atoms with Crippen molar-refractivity contribution in [2.45, 2.75) is 64.0 Å². The largest absolute Gasteiger partial charge is 0.368 e. The molecule has 4 atom stereocenters. The molecule has 2 fully saturated rings. The Morgan fingerprint density at radius 3 is 2.82 bits per heavy atom. The van der Waals surface area contributed by atoms with E-state index in [0.29, 0.717) is 23.4 Å². The quantitative estimate of drug-likeness (QED) is 0.586. The zero-order valence-electron chi connectivity index (χ0n) is 19.5. The Morgan fingerprint density at radius 2 is 2.03 bits per heavy atom. The van der Waals surface area contributed by atoms with Gasteiger partial charge in [0.05, 0.1) is 34.8 Å². The van der Waals surface area contributed by atoms with Crippen molar-refractivity contribution in [2.24, 2.45) is 11.7 Å². The molecular weight excluding hydrogens is 410 g/mol. The van der Waals surface area contributed by atoms with E-state index < -0.39 is 0 Å². The van der Waals surface area contributed by atoms with E-state index >= 15 is 0 Å². The minimum absolute atomic E-state index is 0.155. The van der Waals surface area contributed by atoms with Gasteiger partial charge in [0.2, 0.25) is 0 Å². The summed E-state index contributed by atoms with van der Waals surface area (Å²) in [4.78, 5) is 24.8. The number of pyridine rings is 2. The van der Waals surface area contributed by atoms with Crippen LogP contribution < -0.4 is 16.0 Å². The number of para-hydroxylation sites is 1. The van der Waals surface area contributed by atoms with E-state index in [-0.39, 0.29) is 11.9 Å². The molecule has 3 N–H and O–H groups in total. The Kier molecular flexibility index (Phi) is 6.02. The maximum atomic E-state index is 13.4. The van der Waals surface area contributed by atoms with Gasteiger partial charge in [0.15, 0.2) is 0 Å². The van der Waals surface area contributed by atoms with Gasteiger partial charge in [-0.2, -0.15) is 0 Å². The molecule has 1 aromatic carbocycles. The van der Waals surface area contributed by atoms with Crippen LogP contribution in [-0.2, 0) is 0 Å². The third-order valence-corrected chi connectivity index (χ3v) is 7.35.